The molecule has 0 saturated heterocycles. The summed E-state index contributed by atoms with van der Waals surface area (Å²) in [6.45, 7) is 5.06. The Bertz CT molecular complexity index is 785. The molecule has 0 fully saturated rings. The van der Waals surface area contributed by atoms with Gasteiger partial charge in [0.05, 0.1) is 23.3 Å². The van der Waals surface area contributed by atoms with Crippen molar-refractivity contribution < 1.29 is 4.79 Å². The Morgan fingerprint density at radius 2 is 2.04 bits per heavy atom. The molecule has 3 aromatic rings. The molecule has 0 aliphatic heterocycles. The van der Waals surface area contributed by atoms with Crippen molar-refractivity contribution >= 4 is 43.9 Å². The van der Waals surface area contributed by atoms with Gasteiger partial charge in [0.1, 0.15) is 0 Å². The largest absolute Gasteiger partial charge is 0.350 e. The summed E-state index contributed by atoms with van der Waals surface area (Å²) in [4.78, 5) is 19.9. The highest BCUT2D eigenvalue weighted by Gasteiger charge is 2.14. The zero-order valence-corrected chi connectivity index (χ0v) is 15.1. The lowest BCUT2D eigenvalue weighted by atomic mass is 10.1. The van der Waals surface area contributed by atoms with Crippen molar-refractivity contribution in [2.24, 2.45) is 0 Å². The van der Waals surface area contributed by atoms with Crippen LogP contribution in [0.25, 0.3) is 10.2 Å². The number of aromatic nitrogens is 1. The third-order valence-electron chi connectivity index (χ3n) is 3.68. The van der Waals surface area contributed by atoms with E-state index >= 15 is 0 Å². The predicted molar refractivity (Wildman–Crippen MR) is 98.5 cm³/mol. The molecule has 4 nitrogen and oxygen atoms in total. The molecule has 6 heteroatoms. The molecule has 1 aromatic carbocycles. The molecule has 0 aliphatic rings. The number of likely N-dealkylation sites (N-methyl/N-ethyl adjacent to an activating group) is 1. The average molecular weight is 345 g/mol. The predicted octanol–water partition coefficient (Wildman–Crippen LogP) is 3.73. The van der Waals surface area contributed by atoms with Crippen LogP contribution in [0.2, 0.25) is 0 Å². The van der Waals surface area contributed by atoms with Gasteiger partial charge in [0, 0.05) is 11.9 Å². The summed E-state index contributed by atoms with van der Waals surface area (Å²) in [7, 11) is 1.91. The van der Waals surface area contributed by atoms with Gasteiger partial charge in [-0.3, -0.25) is 4.79 Å². The number of thiazole rings is 1. The number of hydrogen-bond donors (Lipinski definition) is 1. The van der Waals surface area contributed by atoms with Crippen molar-refractivity contribution in [1.82, 2.24) is 10.3 Å². The number of thiophene rings is 1. The molecule has 0 spiro atoms. The highest BCUT2D eigenvalue weighted by atomic mass is 32.1. The van der Waals surface area contributed by atoms with Crippen molar-refractivity contribution in [3.8, 4) is 0 Å². The molecule has 0 saturated carbocycles. The maximum atomic E-state index is 12.1. The maximum absolute atomic E-state index is 12.1. The molecule has 23 heavy (non-hydrogen) atoms. The van der Waals surface area contributed by atoms with Crippen LogP contribution in [0.4, 0.5) is 5.13 Å². The number of benzene rings is 1. The lowest BCUT2D eigenvalue weighted by molar-refractivity contribution is -0.119. The first-order chi connectivity index (χ1) is 11.0. The average Bonchev–Trinajstić information content (AvgIpc) is 3.18. The van der Waals surface area contributed by atoms with E-state index in [1.54, 1.807) is 22.7 Å². The van der Waals surface area contributed by atoms with Crippen LogP contribution < -0.4 is 10.2 Å². The third-order valence-corrected chi connectivity index (χ3v) is 5.86. The summed E-state index contributed by atoms with van der Waals surface area (Å²) >= 11 is 3.29. The molecule has 0 aliphatic carbocycles. The van der Waals surface area contributed by atoms with Crippen molar-refractivity contribution in [3.63, 3.8) is 0 Å². The minimum absolute atomic E-state index is 0.00796. The SMILES string of the molecule is Cc1ccc(C)c2sc(N(C)CC(=O)NCc3cccs3)nc12. The molecule has 0 bridgehead atoms. The van der Waals surface area contributed by atoms with Crippen LogP contribution in [0.3, 0.4) is 0 Å². The summed E-state index contributed by atoms with van der Waals surface area (Å²) in [6, 6.07) is 8.22. The van der Waals surface area contributed by atoms with E-state index in [4.69, 9.17) is 4.98 Å². The number of rotatable bonds is 5. The minimum Gasteiger partial charge on any atom is -0.350 e. The number of carbonyl (C=O) groups is 1. The monoisotopic (exact) mass is 345 g/mol. The Morgan fingerprint density at radius 3 is 2.74 bits per heavy atom. The number of fused-ring (bicyclic) bond motifs is 1. The zero-order chi connectivity index (χ0) is 16.4. The molecular weight excluding hydrogens is 326 g/mol. The van der Waals surface area contributed by atoms with Gasteiger partial charge < -0.3 is 10.2 Å². The van der Waals surface area contributed by atoms with E-state index in [0.29, 0.717) is 13.1 Å². The fourth-order valence-electron chi connectivity index (χ4n) is 2.35. The standard InChI is InChI=1S/C17H19N3OS2/c1-11-6-7-12(2)16-15(11)19-17(23-16)20(3)10-14(21)18-9-13-5-4-8-22-13/h4-8H,9-10H2,1-3H3,(H,18,21). The number of amides is 1. The van der Waals surface area contributed by atoms with Gasteiger partial charge in [0.15, 0.2) is 5.13 Å². The van der Waals surface area contributed by atoms with Crippen molar-refractivity contribution in [2.75, 3.05) is 18.5 Å². The van der Waals surface area contributed by atoms with Crippen LogP contribution in [-0.4, -0.2) is 24.5 Å². The number of aryl methyl sites for hydroxylation is 2. The molecule has 3 rings (SSSR count). The van der Waals surface area contributed by atoms with E-state index < -0.39 is 0 Å². The highest BCUT2D eigenvalue weighted by molar-refractivity contribution is 7.22. The van der Waals surface area contributed by atoms with Gasteiger partial charge in [0.2, 0.25) is 5.91 Å². The molecule has 0 radical (unpaired) electrons. The quantitative estimate of drug-likeness (QED) is 0.766. The smallest absolute Gasteiger partial charge is 0.239 e. The molecule has 120 valence electrons. The summed E-state index contributed by atoms with van der Waals surface area (Å²) in [6.07, 6.45) is 0. The van der Waals surface area contributed by atoms with Crippen molar-refractivity contribution in [1.29, 1.82) is 0 Å². The third kappa shape index (κ3) is 3.54. The van der Waals surface area contributed by atoms with E-state index in [1.807, 2.05) is 29.5 Å². The molecule has 0 atom stereocenters. The summed E-state index contributed by atoms with van der Waals surface area (Å²) in [5.41, 5.74) is 3.43. The Hall–Kier alpha value is -1.92. The van der Waals surface area contributed by atoms with Gasteiger partial charge >= 0.3 is 0 Å². The van der Waals surface area contributed by atoms with Gasteiger partial charge in [-0.2, -0.15) is 0 Å². The van der Waals surface area contributed by atoms with Crippen LogP contribution in [0.1, 0.15) is 16.0 Å². The van der Waals surface area contributed by atoms with Gasteiger partial charge in [-0.1, -0.05) is 29.5 Å². The Balaban J connectivity index is 1.68. The normalized spacial score (nSPS) is 10.9. The van der Waals surface area contributed by atoms with Crippen LogP contribution in [0.5, 0.6) is 0 Å². The van der Waals surface area contributed by atoms with E-state index in [0.717, 1.165) is 15.5 Å². The van der Waals surface area contributed by atoms with E-state index in [1.165, 1.54) is 15.8 Å². The first kappa shape index (κ1) is 16.0. The second kappa shape index (κ2) is 6.68. The first-order valence-corrected chi connectivity index (χ1v) is 9.11. The minimum atomic E-state index is 0.00796. The summed E-state index contributed by atoms with van der Waals surface area (Å²) in [5.74, 6) is 0.00796. The number of carbonyl (C=O) groups excluding carboxylic acids is 1. The summed E-state index contributed by atoms with van der Waals surface area (Å²) < 4.78 is 1.20. The molecular formula is C17H19N3OS2. The second-order valence-corrected chi connectivity index (χ2v) is 7.60. The van der Waals surface area contributed by atoms with E-state index in [-0.39, 0.29) is 5.91 Å². The van der Waals surface area contributed by atoms with Gasteiger partial charge in [-0.15, -0.1) is 11.3 Å². The fraction of sp³-hybridized carbons (Fsp3) is 0.294. The second-order valence-electron chi connectivity index (χ2n) is 5.59. The molecule has 0 unspecified atom stereocenters. The Kier molecular flexibility index (Phi) is 4.63. The van der Waals surface area contributed by atoms with Crippen LogP contribution >= 0.6 is 22.7 Å². The van der Waals surface area contributed by atoms with E-state index in [2.05, 4.69) is 31.3 Å². The lowest BCUT2D eigenvalue weighted by Crippen LogP contribution is -2.34. The Labute approximate surface area is 143 Å². The fourth-order valence-corrected chi connectivity index (χ4v) is 4.07. The number of nitrogens with zero attached hydrogens (tertiary/aromatic N) is 2. The number of hydrogen-bond acceptors (Lipinski definition) is 5. The van der Waals surface area contributed by atoms with Crippen LogP contribution in [0.15, 0.2) is 29.6 Å². The summed E-state index contributed by atoms with van der Waals surface area (Å²) in [5, 5.41) is 5.84. The molecule has 2 aromatic heterocycles. The number of nitrogens with one attached hydrogen (secondary N) is 1. The van der Waals surface area contributed by atoms with E-state index in [9.17, 15) is 4.79 Å². The van der Waals surface area contributed by atoms with Crippen molar-refractivity contribution in [3.05, 3.63) is 45.6 Å². The topological polar surface area (TPSA) is 45.2 Å². The van der Waals surface area contributed by atoms with Gasteiger partial charge in [-0.25, -0.2) is 4.98 Å². The Morgan fingerprint density at radius 1 is 1.26 bits per heavy atom. The lowest BCUT2D eigenvalue weighted by Gasteiger charge is -2.14. The zero-order valence-electron chi connectivity index (χ0n) is 13.4. The number of anilines is 1. The molecule has 2 heterocycles. The van der Waals surface area contributed by atoms with Crippen LogP contribution in [-0.2, 0) is 11.3 Å². The van der Waals surface area contributed by atoms with Gasteiger partial charge in [-0.05, 0) is 36.4 Å². The highest BCUT2D eigenvalue weighted by Crippen LogP contribution is 2.32. The first-order valence-electron chi connectivity index (χ1n) is 7.41. The molecule has 1 N–H and O–H groups in total. The van der Waals surface area contributed by atoms with Crippen molar-refractivity contribution in [2.45, 2.75) is 20.4 Å². The van der Waals surface area contributed by atoms with Gasteiger partial charge in [0.25, 0.3) is 0 Å². The maximum Gasteiger partial charge on any atom is 0.239 e. The van der Waals surface area contributed by atoms with Crippen LogP contribution in [0, 0.1) is 13.8 Å². The molecule has 1 amide bonds.